The van der Waals surface area contributed by atoms with Gasteiger partial charge in [0.25, 0.3) is 5.56 Å². The highest BCUT2D eigenvalue weighted by Crippen LogP contribution is 2.29. The molecular weight excluding hydrogens is 412 g/mol. The Hall–Kier alpha value is -2.81. The van der Waals surface area contributed by atoms with Crippen LogP contribution in [0.2, 0.25) is 0 Å². The molecule has 0 spiro atoms. The van der Waals surface area contributed by atoms with Crippen molar-refractivity contribution in [2.45, 2.75) is 52.7 Å². The number of nitrogens with zero attached hydrogens (tertiary/aromatic N) is 1. The molecule has 30 heavy (non-hydrogen) atoms. The number of aromatic amines is 1. The van der Waals surface area contributed by atoms with Gasteiger partial charge in [-0.05, 0) is 31.9 Å². The van der Waals surface area contributed by atoms with Crippen LogP contribution in [0.5, 0.6) is 5.75 Å². The normalized spacial score (nSPS) is 12.3. The molecule has 1 aromatic carbocycles. The molecule has 0 fully saturated rings. The topological polar surface area (TPSA) is 84.1 Å². The fourth-order valence-corrected chi connectivity index (χ4v) is 4.34. The number of benzene rings is 1. The van der Waals surface area contributed by atoms with Crippen LogP contribution >= 0.6 is 11.3 Å². The van der Waals surface area contributed by atoms with Gasteiger partial charge in [0, 0.05) is 23.3 Å². The summed E-state index contributed by atoms with van der Waals surface area (Å²) in [5.41, 5.74) is 1.21. The lowest BCUT2D eigenvalue weighted by atomic mass is 10.0. The van der Waals surface area contributed by atoms with Gasteiger partial charge in [0.1, 0.15) is 16.4 Å². The van der Waals surface area contributed by atoms with E-state index < -0.39 is 12.7 Å². The summed E-state index contributed by atoms with van der Waals surface area (Å²) in [5, 5.41) is 3.44. The number of alkyl halides is 2. The summed E-state index contributed by atoms with van der Waals surface area (Å²) >= 11 is 1.45. The molecule has 2 aromatic heterocycles. The molecule has 6 nitrogen and oxygen atoms in total. The minimum Gasteiger partial charge on any atom is -0.434 e. The second kappa shape index (κ2) is 9.34. The summed E-state index contributed by atoms with van der Waals surface area (Å²) in [6, 6.07) is 5.94. The molecule has 3 rings (SSSR count). The SMILES string of the molecule is CCC(NC(=O)CCc1nc2sc(C)c(C)c2c(=O)[nH]1)c1ccccc1OC(F)F. The van der Waals surface area contributed by atoms with Crippen molar-refractivity contribution >= 4 is 27.5 Å². The molecule has 0 saturated heterocycles. The van der Waals surface area contributed by atoms with Crippen LogP contribution < -0.4 is 15.6 Å². The van der Waals surface area contributed by atoms with E-state index in [1.807, 2.05) is 20.8 Å². The van der Waals surface area contributed by atoms with Gasteiger partial charge in [0.2, 0.25) is 5.91 Å². The van der Waals surface area contributed by atoms with Crippen molar-refractivity contribution in [3.8, 4) is 5.75 Å². The average Bonchev–Trinajstić information content (AvgIpc) is 2.98. The number of para-hydroxylation sites is 1. The summed E-state index contributed by atoms with van der Waals surface area (Å²) in [5.74, 6) is 0.216. The molecule has 1 atom stereocenters. The van der Waals surface area contributed by atoms with Crippen molar-refractivity contribution in [2.75, 3.05) is 0 Å². The number of amides is 1. The van der Waals surface area contributed by atoms with Crippen molar-refractivity contribution in [1.29, 1.82) is 0 Å². The minimum absolute atomic E-state index is 0.0412. The Morgan fingerprint density at radius 1 is 1.30 bits per heavy atom. The molecule has 0 aliphatic heterocycles. The minimum atomic E-state index is -2.94. The van der Waals surface area contributed by atoms with Gasteiger partial charge in [0.05, 0.1) is 11.4 Å². The number of thiophene rings is 1. The largest absolute Gasteiger partial charge is 0.434 e. The Kier molecular flexibility index (Phi) is 6.81. The molecule has 1 unspecified atom stereocenters. The van der Waals surface area contributed by atoms with E-state index in [0.29, 0.717) is 28.0 Å². The molecule has 0 aliphatic rings. The third kappa shape index (κ3) is 4.84. The number of H-pyrrole nitrogens is 1. The summed E-state index contributed by atoms with van der Waals surface area (Å²) in [7, 11) is 0. The molecule has 2 N–H and O–H groups in total. The number of nitrogens with one attached hydrogen (secondary N) is 2. The Labute approximate surface area is 176 Å². The fourth-order valence-electron chi connectivity index (χ4n) is 3.29. The molecular formula is C21H23F2N3O3S. The molecule has 2 heterocycles. The van der Waals surface area contributed by atoms with Gasteiger partial charge < -0.3 is 15.0 Å². The maximum Gasteiger partial charge on any atom is 0.387 e. The first-order chi connectivity index (χ1) is 14.3. The number of ether oxygens (including phenoxy) is 1. The van der Waals surface area contributed by atoms with Crippen LogP contribution in [0.3, 0.4) is 0 Å². The van der Waals surface area contributed by atoms with Crippen LogP contribution in [0.25, 0.3) is 10.2 Å². The van der Waals surface area contributed by atoms with E-state index in [2.05, 4.69) is 20.0 Å². The Morgan fingerprint density at radius 2 is 2.03 bits per heavy atom. The van der Waals surface area contributed by atoms with Gasteiger partial charge in [-0.1, -0.05) is 25.1 Å². The number of rotatable bonds is 8. The zero-order valence-corrected chi connectivity index (χ0v) is 17.7. The Balaban J connectivity index is 1.69. The predicted octanol–water partition coefficient (Wildman–Crippen LogP) is 4.40. The van der Waals surface area contributed by atoms with E-state index in [1.165, 1.54) is 17.4 Å². The van der Waals surface area contributed by atoms with Gasteiger partial charge in [-0.3, -0.25) is 9.59 Å². The zero-order valence-electron chi connectivity index (χ0n) is 16.9. The third-order valence-corrected chi connectivity index (χ3v) is 6.03. The first-order valence-electron chi connectivity index (χ1n) is 9.62. The maximum atomic E-state index is 12.7. The molecule has 0 aliphatic carbocycles. The van der Waals surface area contributed by atoms with Gasteiger partial charge >= 0.3 is 6.61 Å². The first kappa shape index (κ1) is 21.9. The van der Waals surface area contributed by atoms with Gasteiger partial charge in [0.15, 0.2) is 0 Å². The Bertz CT molecular complexity index is 1110. The number of carbonyl (C=O) groups excluding carboxylic acids is 1. The van der Waals surface area contributed by atoms with Crippen molar-refractivity contribution in [2.24, 2.45) is 0 Å². The highest BCUT2D eigenvalue weighted by molar-refractivity contribution is 7.18. The van der Waals surface area contributed by atoms with Crippen molar-refractivity contribution in [1.82, 2.24) is 15.3 Å². The quantitative estimate of drug-likeness (QED) is 0.549. The fraction of sp³-hybridized carbons (Fsp3) is 0.381. The highest BCUT2D eigenvalue weighted by atomic mass is 32.1. The monoisotopic (exact) mass is 435 g/mol. The number of halogens is 2. The molecule has 0 saturated carbocycles. The van der Waals surface area contributed by atoms with Crippen LogP contribution in [0.1, 0.15) is 47.6 Å². The third-order valence-electron chi connectivity index (χ3n) is 4.93. The number of hydrogen-bond acceptors (Lipinski definition) is 5. The number of carbonyl (C=O) groups is 1. The predicted molar refractivity (Wildman–Crippen MR) is 112 cm³/mol. The second-order valence-electron chi connectivity index (χ2n) is 6.92. The van der Waals surface area contributed by atoms with Crippen LogP contribution in [-0.4, -0.2) is 22.5 Å². The zero-order chi connectivity index (χ0) is 21.8. The molecule has 1 amide bonds. The average molecular weight is 435 g/mol. The molecule has 9 heteroatoms. The Morgan fingerprint density at radius 3 is 2.73 bits per heavy atom. The lowest BCUT2D eigenvalue weighted by molar-refractivity contribution is -0.121. The van der Waals surface area contributed by atoms with Crippen molar-refractivity contribution < 1.29 is 18.3 Å². The van der Waals surface area contributed by atoms with E-state index in [0.717, 1.165) is 10.4 Å². The number of hydrogen-bond donors (Lipinski definition) is 2. The van der Waals surface area contributed by atoms with Crippen LogP contribution in [0, 0.1) is 13.8 Å². The summed E-state index contributed by atoms with van der Waals surface area (Å²) in [4.78, 5) is 33.7. The van der Waals surface area contributed by atoms with E-state index in [4.69, 9.17) is 0 Å². The summed E-state index contributed by atoms with van der Waals surface area (Å²) in [6.45, 7) is 2.73. The van der Waals surface area contributed by atoms with E-state index >= 15 is 0 Å². The summed E-state index contributed by atoms with van der Waals surface area (Å²) < 4.78 is 29.9. The maximum absolute atomic E-state index is 12.7. The van der Waals surface area contributed by atoms with Crippen LogP contribution in [0.15, 0.2) is 29.1 Å². The second-order valence-corrected chi connectivity index (χ2v) is 8.12. The molecule has 160 valence electrons. The van der Waals surface area contributed by atoms with Gasteiger partial charge in [-0.2, -0.15) is 8.78 Å². The first-order valence-corrected chi connectivity index (χ1v) is 10.4. The van der Waals surface area contributed by atoms with Gasteiger partial charge in [-0.25, -0.2) is 4.98 Å². The summed E-state index contributed by atoms with van der Waals surface area (Å²) in [6.07, 6.45) is 0.870. The number of fused-ring (bicyclic) bond motifs is 1. The van der Waals surface area contributed by atoms with Crippen molar-refractivity contribution in [3.05, 3.63) is 56.4 Å². The standard InChI is InChI=1S/C21H23F2N3O3S/c1-4-14(13-7-5-6-8-15(13)29-21(22)23)24-17(27)10-9-16-25-19(28)18-11(2)12(3)30-20(18)26-16/h5-8,14,21H,4,9-10H2,1-3H3,(H,24,27)(H,25,26,28). The van der Waals surface area contributed by atoms with E-state index in [9.17, 15) is 18.4 Å². The number of aryl methyl sites for hydroxylation is 3. The van der Waals surface area contributed by atoms with E-state index in [-0.39, 0.29) is 30.1 Å². The highest BCUT2D eigenvalue weighted by Gasteiger charge is 2.19. The molecule has 3 aromatic rings. The van der Waals surface area contributed by atoms with Crippen molar-refractivity contribution in [3.63, 3.8) is 0 Å². The van der Waals surface area contributed by atoms with Crippen LogP contribution in [0.4, 0.5) is 8.78 Å². The lowest BCUT2D eigenvalue weighted by Crippen LogP contribution is -2.29. The molecule has 0 bridgehead atoms. The van der Waals surface area contributed by atoms with Crippen LogP contribution in [-0.2, 0) is 11.2 Å². The smallest absolute Gasteiger partial charge is 0.387 e. The number of aromatic nitrogens is 2. The molecule has 0 radical (unpaired) electrons. The van der Waals surface area contributed by atoms with Gasteiger partial charge in [-0.15, -0.1) is 11.3 Å². The van der Waals surface area contributed by atoms with E-state index in [1.54, 1.807) is 18.2 Å². The lowest BCUT2D eigenvalue weighted by Gasteiger charge is -2.20.